The van der Waals surface area contributed by atoms with Crippen molar-refractivity contribution in [2.75, 3.05) is 0 Å². The van der Waals surface area contributed by atoms with Gasteiger partial charge in [0, 0.05) is 27.9 Å². The van der Waals surface area contributed by atoms with E-state index in [0.29, 0.717) is 21.7 Å². The number of benzene rings is 1. The number of rotatable bonds is 2. The van der Waals surface area contributed by atoms with Crippen LogP contribution in [0.4, 0.5) is 0 Å². The monoisotopic (exact) mass is 389 g/mol. The maximum Gasteiger partial charge on any atom is 0.329 e. The number of aromatic nitrogens is 2. The summed E-state index contributed by atoms with van der Waals surface area (Å²) >= 11 is 7.54. The van der Waals surface area contributed by atoms with Gasteiger partial charge in [-0.25, -0.2) is 4.79 Å². The van der Waals surface area contributed by atoms with Crippen molar-refractivity contribution in [1.29, 1.82) is 0 Å². The minimum atomic E-state index is -0.488. The molecular weight excluding hydrogens is 374 g/mol. The van der Waals surface area contributed by atoms with Crippen molar-refractivity contribution in [2.24, 2.45) is 0 Å². The molecule has 1 aliphatic rings. The second kappa shape index (κ2) is 6.41. The predicted octanol–water partition coefficient (Wildman–Crippen LogP) is 2.91. The number of hydrogen-bond acceptors (Lipinski definition) is 4. The Labute approximate surface area is 157 Å². The lowest BCUT2D eigenvalue weighted by molar-refractivity contribution is -0.124. The SMILES string of the molecule is CC1CC(n2c(=O)[nH]c3cc(-c4ccccc4Cl)sc3c2=O)CC(=O)N1. The number of halogens is 1. The lowest BCUT2D eigenvalue weighted by Crippen LogP contribution is -2.47. The van der Waals surface area contributed by atoms with Crippen LogP contribution in [-0.4, -0.2) is 21.5 Å². The second-order valence-corrected chi connectivity index (χ2v) is 7.96. The summed E-state index contributed by atoms with van der Waals surface area (Å²) < 4.78 is 1.64. The molecule has 2 aromatic heterocycles. The molecule has 2 atom stereocenters. The Balaban J connectivity index is 1.87. The molecule has 2 unspecified atom stereocenters. The number of amides is 1. The molecule has 0 spiro atoms. The third kappa shape index (κ3) is 2.87. The number of carbonyl (C=O) groups excluding carboxylic acids is 1. The Kier molecular flexibility index (Phi) is 4.20. The average Bonchev–Trinajstić information content (AvgIpc) is 2.98. The number of nitrogens with one attached hydrogen (secondary N) is 2. The van der Waals surface area contributed by atoms with Crippen LogP contribution in [0.3, 0.4) is 0 Å². The van der Waals surface area contributed by atoms with Gasteiger partial charge in [-0.05, 0) is 25.5 Å². The summed E-state index contributed by atoms with van der Waals surface area (Å²) in [4.78, 5) is 40.9. The summed E-state index contributed by atoms with van der Waals surface area (Å²) in [6.07, 6.45) is 0.671. The van der Waals surface area contributed by atoms with Gasteiger partial charge in [-0.2, -0.15) is 0 Å². The summed E-state index contributed by atoms with van der Waals surface area (Å²) in [6, 6.07) is 8.61. The van der Waals surface area contributed by atoms with E-state index in [1.165, 1.54) is 15.9 Å². The van der Waals surface area contributed by atoms with Crippen molar-refractivity contribution >= 4 is 39.1 Å². The topological polar surface area (TPSA) is 84.0 Å². The molecule has 2 N–H and O–H groups in total. The number of nitrogens with zero attached hydrogens (tertiary/aromatic N) is 1. The number of carbonyl (C=O) groups is 1. The summed E-state index contributed by atoms with van der Waals surface area (Å²) in [6.45, 7) is 1.86. The molecule has 4 rings (SSSR count). The van der Waals surface area contributed by atoms with Crippen LogP contribution in [0.5, 0.6) is 0 Å². The van der Waals surface area contributed by atoms with E-state index in [9.17, 15) is 14.4 Å². The van der Waals surface area contributed by atoms with Crippen LogP contribution in [0.2, 0.25) is 5.02 Å². The second-order valence-electron chi connectivity index (χ2n) is 6.50. The maximum absolute atomic E-state index is 13.0. The number of fused-ring (bicyclic) bond motifs is 1. The molecule has 1 aromatic carbocycles. The van der Waals surface area contributed by atoms with E-state index < -0.39 is 11.7 Å². The number of hydrogen-bond donors (Lipinski definition) is 2. The van der Waals surface area contributed by atoms with Crippen LogP contribution in [0.15, 0.2) is 39.9 Å². The molecule has 0 bridgehead atoms. The summed E-state index contributed by atoms with van der Waals surface area (Å²) in [5.74, 6) is -0.150. The van der Waals surface area contributed by atoms with Crippen molar-refractivity contribution < 1.29 is 4.79 Å². The van der Waals surface area contributed by atoms with Crippen molar-refractivity contribution in [3.05, 3.63) is 56.2 Å². The standard InChI is InChI=1S/C18H16ClN3O3S/c1-9-6-10(7-15(23)20-9)22-17(24)16-13(21-18(22)25)8-14(26-16)11-4-2-3-5-12(11)19/h2-5,8-10H,6-7H2,1H3,(H,20,23)(H,21,25). The molecule has 6 nitrogen and oxygen atoms in total. The predicted molar refractivity (Wildman–Crippen MR) is 103 cm³/mol. The quantitative estimate of drug-likeness (QED) is 0.706. The maximum atomic E-state index is 13.0. The molecule has 26 heavy (non-hydrogen) atoms. The van der Waals surface area contributed by atoms with Gasteiger partial charge in [0.15, 0.2) is 0 Å². The van der Waals surface area contributed by atoms with E-state index in [4.69, 9.17) is 11.6 Å². The fraction of sp³-hybridized carbons (Fsp3) is 0.278. The largest absolute Gasteiger partial charge is 0.354 e. The zero-order chi connectivity index (χ0) is 18.4. The molecular formula is C18H16ClN3O3S. The Morgan fingerprint density at radius 3 is 2.73 bits per heavy atom. The molecule has 0 aliphatic carbocycles. The zero-order valence-electron chi connectivity index (χ0n) is 13.9. The van der Waals surface area contributed by atoms with E-state index in [0.717, 1.165) is 10.4 Å². The minimum Gasteiger partial charge on any atom is -0.354 e. The van der Waals surface area contributed by atoms with Crippen LogP contribution in [0.25, 0.3) is 20.7 Å². The molecule has 3 heterocycles. The Morgan fingerprint density at radius 2 is 2.00 bits per heavy atom. The molecule has 134 valence electrons. The average molecular weight is 390 g/mol. The number of piperidine rings is 1. The van der Waals surface area contributed by atoms with Gasteiger partial charge in [-0.15, -0.1) is 11.3 Å². The molecule has 1 amide bonds. The fourth-order valence-corrected chi connectivity index (χ4v) is 4.82. The van der Waals surface area contributed by atoms with Crippen molar-refractivity contribution in [1.82, 2.24) is 14.9 Å². The zero-order valence-corrected chi connectivity index (χ0v) is 15.5. The smallest absolute Gasteiger partial charge is 0.329 e. The number of H-pyrrole nitrogens is 1. The lowest BCUT2D eigenvalue weighted by atomic mass is 10.00. The van der Waals surface area contributed by atoms with E-state index in [-0.39, 0.29) is 23.9 Å². The third-order valence-electron chi connectivity index (χ3n) is 4.56. The summed E-state index contributed by atoms with van der Waals surface area (Å²) in [5, 5.41) is 3.39. The Hall–Kier alpha value is -2.38. The van der Waals surface area contributed by atoms with Crippen molar-refractivity contribution in [3.8, 4) is 10.4 Å². The highest BCUT2D eigenvalue weighted by atomic mass is 35.5. The van der Waals surface area contributed by atoms with Crippen LogP contribution in [0.1, 0.15) is 25.8 Å². The molecule has 1 fully saturated rings. The van der Waals surface area contributed by atoms with Gasteiger partial charge in [0.25, 0.3) is 5.56 Å². The normalized spacial score (nSPS) is 20.3. The number of aromatic amines is 1. The molecule has 1 saturated heterocycles. The lowest BCUT2D eigenvalue weighted by Gasteiger charge is -2.28. The summed E-state index contributed by atoms with van der Waals surface area (Å²) in [7, 11) is 0. The van der Waals surface area contributed by atoms with Gasteiger partial charge < -0.3 is 10.3 Å². The first-order valence-electron chi connectivity index (χ1n) is 8.26. The van der Waals surface area contributed by atoms with Crippen LogP contribution >= 0.6 is 22.9 Å². The highest BCUT2D eigenvalue weighted by Crippen LogP contribution is 2.35. The van der Waals surface area contributed by atoms with Crippen molar-refractivity contribution in [2.45, 2.75) is 31.8 Å². The number of thiophene rings is 1. The van der Waals surface area contributed by atoms with Gasteiger partial charge in [0.05, 0.1) is 11.6 Å². The summed E-state index contributed by atoms with van der Waals surface area (Å²) in [5.41, 5.74) is 0.453. The van der Waals surface area contributed by atoms with E-state index in [2.05, 4.69) is 10.3 Å². The van der Waals surface area contributed by atoms with Gasteiger partial charge in [0.2, 0.25) is 5.91 Å². The molecule has 1 aliphatic heterocycles. The van der Waals surface area contributed by atoms with Crippen LogP contribution < -0.4 is 16.6 Å². The van der Waals surface area contributed by atoms with E-state index in [1.54, 1.807) is 12.1 Å². The van der Waals surface area contributed by atoms with Crippen LogP contribution in [0, 0.1) is 0 Å². The molecule has 3 aromatic rings. The minimum absolute atomic E-state index is 0.0785. The van der Waals surface area contributed by atoms with E-state index >= 15 is 0 Å². The van der Waals surface area contributed by atoms with Crippen LogP contribution in [-0.2, 0) is 4.79 Å². The Morgan fingerprint density at radius 1 is 1.23 bits per heavy atom. The van der Waals surface area contributed by atoms with Gasteiger partial charge in [-0.3, -0.25) is 14.2 Å². The Bertz CT molecular complexity index is 1130. The third-order valence-corrected chi connectivity index (χ3v) is 6.05. The van der Waals surface area contributed by atoms with Gasteiger partial charge >= 0.3 is 5.69 Å². The van der Waals surface area contributed by atoms with Crippen molar-refractivity contribution in [3.63, 3.8) is 0 Å². The highest BCUT2D eigenvalue weighted by Gasteiger charge is 2.28. The molecule has 8 heteroatoms. The first-order valence-corrected chi connectivity index (χ1v) is 9.46. The van der Waals surface area contributed by atoms with Gasteiger partial charge in [0.1, 0.15) is 4.70 Å². The first kappa shape index (κ1) is 17.1. The fourth-order valence-electron chi connectivity index (χ4n) is 3.44. The first-order chi connectivity index (χ1) is 12.4. The highest BCUT2D eigenvalue weighted by molar-refractivity contribution is 7.22. The van der Waals surface area contributed by atoms with E-state index in [1.807, 2.05) is 25.1 Å². The van der Waals surface area contributed by atoms with Gasteiger partial charge in [-0.1, -0.05) is 29.8 Å². The molecule has 0 radical (unpaired) electrons. The molecule has 0 saturated carbocycles.